The molecule has 490 valence electrons. The number of aliphatic hydroxyl groups is 5. The number of hydrogen-bond donors (Lipinski definition) is 6. The number of ether oxygens (including phenoxy) is 2. The van der Waals surface area contributed by atoms with Gasteiger partial charge < -0.3 is 40.3 Å². The Morgan fingerprint density at radius 1 is 0.366 bits per heavy atom. The maximum atomic E-state index is 13.2. The second-order valence-corrected chi connectivity index (χ2v) is 26.5. The minimum Gasteiger partial charge on any atom is -0.394 e. The van der Waals surface area contributed by atoms with Crippen LogP contribution in [-0.4, -0.2) is 87.5 Å². The maximum Gasteiger partial charge on any atom is 0.220 e. The van der Waals surface area contributed by atoms with Crippen LogP contribution in [0, 0.1) is 0 Å². The molecule has 6 N–H and O–H groups in total. The maximum absolute atomic E-state index is 13.2. The first-order chi connectivity index (χ1) is 40.3. The third-order valence-corrected chi connectivity index (χ3v) is 18.5. The highest BCUT2D eigenvalue weighted by molar-refractivity contribution is 5.76. The van der Waals surface area contributed by atoms with Crippen molar-refractivity contribution in [2.24, 2.45) is 0 Å². The van der Waals surface area contributed by atoms with E-state index in [9.17, 15) is 30.3 Å². The van der Waals surface area contributed by atoms with Gasteiger partial charge in [0.1, 0.15) is 24.4 Å². The molecule has 0 spiro atoms. The first kappa shape index (κ1) is 79.2. The summed E-state index contributed by atoms with van der Waals surface area (Å²) in [6.45, 7) is 3.91. The summed E-state index contributed by atoms with van der Waals surface area (Å²) in [5, 5.41) is 55.0. The van der Waals surface area contributed by atoms with E-state index in [0.717, 1.165) is 38.5 Å². The molecule has 9 nitrogen and oxygen atoms in total. The largest absolute Gasteiger partial charge is 0.394 e. The Balaban J connectivity index is 2.04. The van der Waals surface area contributed by atoms with Crippen molar-refractivity contribution in [3.8, 4) is 0 Å². The molecule has 1 aliphatic rings. The Hall–Kier alpha value is -0.810. The molecule has 1 fully saturated rings. The van der Waals surface area contributed by atoms with Crippen molar-refractivity contribution in [3.05, 3.63) is 0 Å². The van der Waals surface area contributed by atoms with E-state index in [-0.39, 0.29) is 12.5 Å². The Bertz CT molecular complexity index is 1260. The van der Waals surface area contributed by atoms with Crippen LogP contribution in [0.25, 0.3) is 0 Å². The van der Waals surface area contributed by atoms with E-state index in [1.54, 1.807) is 0 Å². The van der Waals surface area contributed by atoms with Crippen molar-refractivity contribution in [3.63, 3.8) is 0 Å². The average Bonchev–Trinajstić information content (AvgIpc) is 3.59. The van der Waals surface area contributed by atoms with E-state index in [4.69, 9.17) is 9.47 Å². The van der Waals surface area contributed by atoms with Crippen molar-refractivity contribution in [1.82, 2.24) is 5.32 Å². The monoisotopic (exact) mass is 1160 g/mol. The molecule has 7 atom stereocenters. The van der Waals surface area contributed by atoms with Crippen molar-refractivity contribution < 1.29 is 39.8 Å². The quantitative estimate of drug-likeness (QED) is 0.0330. The molecule has 0 aromatic carbocycles. The molecule has 0 aromatic rings. The third kappa shape index (κ3) is 51.3. The summed E-state index contributed by atoms with van der Waals surface area (Å²) in [5.74, 6) is -0.132. The molecule has 0 bridgehead atoms. The molecule has 0 aromatic heterocycles. The van der Waals surface area contributed by atoms with Gasteiger partial charge in [-0.05, 0) is 12.8 Å². The van der Waals surface area contributed by atoms with Crippen LogP contribution in [0.5, 0.6) is 0 Å². The van der Waals surface area contributed by atoms with Gasteiger partial charge in [0, 0.05) is 6.42 Å². The summed E-state index contributed by atoms with van der Waals surface area (Å²) < 4.78 is 11.4. The van der Waals surface area contributed by atoms with Gasteiger partial charge in [0.15, 0.2) is 6.29 Å². The number of aliphatic hydroxyl groups excluding tert-OH is 5. The SMILES string of the molecule is CCCCCCCCCCCCCCCCCCCCCCCCCCCCCCCCCCCCCCC(=O)NC(COC1OC(CO)C(O)C(O)C1O)C(O)CCCCCCCCCCCCCCCCCCCCCCCCC. The summed E-state index contributed by atoms with van der Waals surface area (Å²) >= 11 is 0. The van der Waals surface area contributed by atoms with Crippen molar-refractivity contribution >= 4 is 5.91 Å². The van der Waals surface area contributed by atoms with Gasteiger partial charge in [0.25, 0.3) is 0 Å². The molecular formula is C73H145NO8. The number of amides is 1. The van der Waals surface area contributed by atoms with Crippen LogP contribution in [0.4, 0.5) is 0 Å². The number of nitrogens with one attached hydrogen (secondary N) is 1. The lowest BCUT2D eigenvalue weighted by atomic mass is 9.99. The second kappa shape index (κ2) is 63.2. The Morgan fingerprint density at radius 3 is 0.866 bits per heavy atom. The number of hydrogen-bond acceptors (Lipinski definition) is 8. The molecule has 1 saturated heterocycles. The lowest BCUT2D eigenvalue weighted by molar-refractivity contribution is -0.302. The lowest BCUT2D eigenvalue weighted by Gasteiger charge is -2.40. The minimum atomic E-state index is -1.55. The van der Waals surface area contributed by atoms with Crippen LogP contribution in [0.15, 0.2) is 0 Å². The van der Waals surface area contributed by atoms with E-state index >= 15 is 0 Å². The first-order valence-corrected chi connectivity index (χ1v) is 37.2. The molecule has 1 aliphatic heterocycles. The summed E-state index contributed by atoms with van der Waals surface area (Å²) in [7, 11) is 0. The fraction of sp³-hybridized carbons (Fsp3) is 0.986. The van der Waals surface area contributed by atoms with Crippen LogP contribution in [0.1, 0.15) is 406 Å². The fourth-order valence-corrected chi connectivity index (χ4v) is 12.6. The smallest absolute Gasteiger partial charge is 0.220 e. The second-order valence-electron chi connectivity index (χ2n) is 26.5. The average molecular weight is 1160 g/mol. The predicted molar refractivity (Wildman–Crippen MR) is 351 cm³/mol. The topological polar surface area (TPSA) is 149 Å². The normalized spacial score (nSPS) is 18.2. The summed E-state index contributed by atoms with van der Waals surface area (Å²) in [6.07, 6.45) is 73.4. The van der Waals surface area contributed by atoms with Gasteiger partial charge in [-0.3, -0.25) is 4.79 Å². The number of carbonyl (C=O) groups is 1. The van der Waals surface area contributed by atoms with Crippen LogP contribution >= 0.6 is 0 Å². The van der Waals surface area contributed by atoms with E-state index in [2.05, 4.69) is 19.2 Å². The van der Waals surface area contributed by atoms with E-state index in [1.807, 2.05) is 0 Å². The molecule has 0 saturated carbocycles. The van der Waals surface area contributed by atoms with Gasteiger partial charge >= 0.3 is 0 Å². The minimum absolute atomic E-state index is 0.130. The molecule has 0 radical (unpaired) electrons. The van der Waals surface area contributed by atoms with Gasteiger partial charge in [0.2, 0.25) is 5.91 Å². The van der Waals surface area contributed by atoms with Crippen LogP contribution < -0.4 is 5.32 Å². The van der Waals surface area contributed by atoms with Gasteiger partial charge in [-0.2, -0.15) is 0 Å². The van der Waals surface area contributed by atoms with Crippen molar-refractivity contribution in [1.29, 1.82) is 0 Å². The highest BCUT2D eigenvalue weighted by Gasteiger charge is 2.44. The summed E-state index contributed by atoms with van der Waals surface area (Å²) in [6, 6.07) is -0.715. The number of unbranched alkanes of at least 4 members (excludes halogenated alkanes) is 57. The Morgan fingerprint density at radius 2 is 0.610 bits per heavy atom. The molecule has 82 heavy (non-hydrogen) atoms. The molecule has 0 aliphatic carbocycles. The van der Waals surface area contributed by atoms with Crippen molar-refractivity contribution in [2.75, 3.05) is 13.2 Å². The molecule has 7 unspecified atom stereocenters. The Kier molecular flexibility index (Phi) is 61.1. The van der Waals surface area contributed by atoms with Gasteiger partial charge in [-0.15, -0.1) is 0 Å². The zero-order valence-electron chi connectivity index (χ0n) is 55.0. The zero-order valence-corrected chi connectivity index (χ0v) is 55.0. The number of rotatable bonds is 67. The molecule has 9 heteroatoms. The van der Waals surface area contributed by atoms with Gasteiger partial charge in [0.05, 0.1) is 25.4 Å². The zero-order chi connectivity index (χ0) is 59.3. The van der Waals surface area contributed by atoms with E-state index in [1.165, 1.54) is 340 Å². The highest BCUT2D eigenvalue weighted by atomic mass is 16.7. The van der Waals surface area contributed by atoms with Crippen LogP contribution in [-0.2, 0) is 14.3 Å². The third-order valence-electron chi connectivity index (χ3n) is 18.5. The fourth-order valence-electron chi connectivity index (χ4n) is 12.6. The molecular weight excluding hydrogens is 1020 g/mol. The molecule has 1 rings (SSSR count). The van der Waals surface area contributed by atoms with Crippen LogP contribution in [0.2, 0.25) is 0 Å². The highest BCUT2D eigenvalue weighted by Crippen LogP contribution is 2.24. The first-order valence-electron chi connectivity index (χ1n) is 37.2. The lowest BCUT2D eigenvalue weighted by Crippen LogP contribution is -2.60. The summed E-state index contributed by atoms with van der Waals surface area (Å²) in [4.78, 5) is 13.2. The Labute approximate surface area is 510 Å². The van der Waals surface area contributed by atoms with E-state index < -0.39 is 49.5 Å². The van der Waals surface area contributed by atoms with Crippen molar-refractivity contribution in [2.45, 2.75) is 448 Å². The molecule has 1 heterocycles. The molecule has 1 amide bonds. The van der Waals surface area contributed by atoms with Crippen LogP contribution in [0.3, 0.4) is 0 Å². The summed E-state index contributed by atoms with van der Waals surface area (Å²) in [5.41, 5.74) is 0. The van der Waals surface area contributed by atoms with Gasteiger partial charge in [-0.1, -0.05) is 386 Å². The number of carbonyl (C=O) groups excluding carboxylic acids is 1. The standard InChI is InChI=1S/C73H145NO8/c1-3-5-7-9-11-13-15-17-19-21-23-25-27-28-29-30-31-32-33-34-35-36-37-38-39-41-43-45-47-49-51-53-55-57-59-61-63-69(77)74-66(65-81-73-72(80)71(79)70(78)68(64-75)82-73)67(76)62-60-58-56-54-52-50-48-46-44-42-40-26-24-22-20-18-16-14-12-10-8-6-4-2/h66-68,70-73,75-76,78-80H,3-65H2,1-2H3,(H,74,77). The predicted octanol–water partition coefficient (Wildman–Crippen LogP) is 20.5. The van der Waals surface area contributed by atoms with Gasteiger partial charge in [-0.25, -0.2) is 0 Å². The van der Waals surface area contributed by atoms with E-state index in [0.29, 0.717) is 12.8 Å².